The van der Waals surface area contributed by atoms with Gasteiger partial charge in [-0.25, -0.2) is 0 Å². The van der Waals surface area contributed by atoms with Crippen LogP contribution in [0.5, 0.6) is 17.2 Å². The second kappa shape index (κ2) is 10.2. The molecule has 0 aliphatic heterocycles. The predicted molar refractivity (Wildman–Crippen MR) is 114 cm³/mol. The number of hydrogen-bond donors (Lipinski definition) is 1. The van der Waals surface area contributed by atoms with Gasteiger partial charge in [0.05, 0.1) is 13.2 Å². The van der Waals surface area contributed by atoms with Crippen LogP contribution in [0.1, 0.15) is 44.2 Å². The first-order valence-electron chi connectivity index (χ1n) is 10.4. The summed E-state index contributed by atoms with van der Waals surface area (Å²) in [5.41, 5.74) is 2.76. The molecule has 29 heavy (non-hydrogen) atoms. The number of carbonyl (C=O) groups excluding carboxylic acids is 1. The zero-order chi connectivity index (χ0) is 20.6. The summed E-state index contributed by atoms with van der Waals surface area (Å²) < 4.78 is 16.9. The fraction of sp³-hybridized carbons (Fsp3) is 0.458. The lowest BCUT2D eigenvalue weighted by Crippen LogP contribution is -2.44. The van der Waals surface area contributed by atoms with E-state index in [4.69, 9.17) is 14.2 Å². The fourth-order valence-corrected chi connectivity index (χ4v) is 3.54. The molecular formula is C24H31NO4. The van der Waals surface area contributed by atoms with Gasteiger partial charge in [0.25, 0.3) is 5.91 Å². The van der Waals surface area contributed by atoms with Crippen molar-refractivity contribution in [3.05, 3.63) is 53.6 Å². The molecule has 0 radical (unpaired) electrons. The van der Waals surface area contributed by atoms with Gasteiger partial charge in [0.15, 0.2) is 6.10 Å². The second-order valence-corrected chi connectivity index (χ2v) is 7.55. The van der Waals surface area contributed by atoms with Gasteiger partial charge in [-0.05, 0) is 86.6 Å². The molecule has 2 atom stereocenters. The molecule has 1 aliphatic carbocycles. The Hall–Kier alpha value is -2.69. The van der Waals surface area contributed by atoms with E-state index in [2.05, 4.69) is 17.4 Å². The zero-order valence-corrected chi connectivity index (χ0v) is 17.6. The van der Waals surface area contributed by atoms with Gasteiger partial charge in [-0.2, -0.15) is 0 Å². The van der Waals surface area contributed by atoms with Crippen LogP contribution in [0, 0.1) is 0 Å². The maximum Gasteiger partial charge on any atom is 0.261 e. The highest BCUT2D eigenvalue weighted by molar-refractivity contribution is 5.81. The maximum absolute atomic E-state index is 12.7. The molecule has 0 aromatic heterocycles. The van der Waals surface area contributed by atoms with Crippen LogP contribution in [0.3, 0.4) is 0 Å². The van der Waals surface area contributed by atoms with Gasteiger partial charge in [-0.1, -0.05) is 13.0 Å². The molecule has 0 heterocycles. The number of hydrogen-bond acceptors (Lipinski definition) is 4. The summed E-state index contributed by atoms with van der Waals surface area (Å²) in [6.07, 6.45) is 4.80. The molecule has 1 amide bonds. The van der Waals surface area contributed by atoms with E-state index < -0.39 is 6.10 Å². The lowest BCUT2D eigenvalue weighted by Gasteiger charge is -2.22. The number of methoxy groups -OCH3 is 1. The van der Waals surface area contributed by atoms with Gasteiger partial charge in [0, 0.05) is 0 Å². The van der Waals surface area contributed by atoms with Crippen molar-refractivity contribution in [3.63, 3.8) is 0 Å². The number of fused-ring (bicyclic) bond motifs is 1. The van der Waals surface area contributed by atoms with Gasteiger partial charge in [-0.15, -0.1) is 0 Å². The minimum atomic E-state index is -0.514. The van der Waals surface area contributed by atoms with Crippen molar-refractivity contribution < 1.29 is 19.0 Å². The minimum Gasteiger partial charge on any atom is -0.497 e. The third-order valence-corrected chi connectivity index (χ3v) is 5.21. The number of carbonyl (C=O) groups is 1. The Morgan fingerprint density at radius 3 is 2.34 bits per heavy atom. The van der Waals surface area contributed by atoms with E-state index in [9.17, 15) is 4.79 Å². The van der Waals surface area contributed by atoms with E-state index in [1.165, 1.54) is 24.0 Å². The Morgan fingerprint density at radius 2 is 1.66 bits per heavy atom. The van der Waals surface area contributed by atoms with Gasteiger partial charge in [0.2, 0.25) is 0 Å². The normalized spacial score (nSPS) is 15.0. The molecule has 2 aromatic rings. The standard InChI is InChI=1S/C24H31NO4/c1-4-23(29-22-10-9-18-7-5-6-8-19(18)15-22)24(26)25-17(2)16-28-21-13-11-20(27-3)12-14-21/h9-15,17,23H,4-8,16H2,1-3H3,(H,25,26). The molecule has 2 unspecified atom stereocenters. The number of ether oxygens (including phenoxy) is 3. The van der Waals surface area contributed by atoms with Gasteiger partial charge in [0.1, 0.15) is 23.9 Å². The summed E-state index contributed by atoms with van der Waals surface area (Å²) in [6, 6.07) is 13.5. The van der Waals surface area contributed by atoms with Gasteiger partial charge in [-0.3, -0.25) is 4.79 Å². The van der Waals surface area contributed by atoms with Crippen molar-refractivity contribution in [2.24, 2.45) is 0 Å². The average molecular weight is 398 g/mol. The molecule has 0 spiro atoms. The SMILES string of the molecule is CCC(Oc1ccc2c(c1)CCCC2)C(=O)NC(C)COc1ccc(OC)cc1. The Kier molecular flexibility index (Phi) is 7.39. The van der Waals surface area contributed by atoms with Crippen LogP contribution in [0.4, 0.5) is 0 Å². The third kappa shape index (κ3) is 5.89. The van der Waals surface area contributed by atoms with Crippen molar-refractivity contribution in [1.29, 1.82) is 0 Å². The summed E-state index contributed by atoms with van der Waals surface area (Å²) >= 11 is 0. The Balaban J connectivity index is 1.50. The first-order valence-corrected chi connectivity index (χ1v) is 10.4. The molecule has 3 rings (SSSR count). The van der Waals surface area contributed by atoms with Gasteiger partial charge >= 0.3 is 0 Å². The molecule has 156 valence electrons. The Labute approximate surface area is 173 Å². The van der Waals surface area contributed by atoms with Crippen molar-refractivity contribution in [2.75, 3.05) is 13.7 Å². The highest BCUT2D eigenvalue weighted by Crippen LogP contribution is 2.26. The summed E-state index contributed by atoms with van der Waals surface area (Å²) in [7, 11) is 1.63. The molecule has 1 N–H and O–H groups in total. The van der Waals surface area contributed by atoms with Crippen molar-refractivity contribution >= 4 is 5.91 Å². The van der Waals surface area contributed by atoms with Crippen molar-refractivity contribution in [3.8, 4) is 17.2 Å². The molecule has 2 aromatic carbocycles. The lowest BCUT2D eigenvalue weighted by atomic mass is 9.92. The van der Waals surface area contributed by atoms with Crippen LogP contribution in [-0.2, 0) is 17.6 Å². The Bertz CT molecular complexity index is 803. The smallest absolute Gasteiger partial charge is 0.261 e. The molecular weight excluding hydrogens is 366 g/mol. The van der Waals surface area contributed by atoms with Crippen LogP contribution in [0.2, 0.25) is 0 Å². The van der Waals surface area contributed by atoms with E-state index in [0.29, 0.717) is 13.0 Å². The third-order valence-electron chi connectivity index (χ3n) is 5.21. The van der Waals surface area contributed by atoms with E-state index in [0.717, 1.165) is 30.1 Å². The van der Waals surface area contributed by atoms with E-state index >= 15 is 0 Å². The first-order chi connectivity index (χ1) is 14.1. The summed E-state index contributed by atoms with van der Waals surface area (Å²) in [6.45, 7) is 4.27. The predicted octanol–water partition coefficient (Wildman–Crippen LogP) is 4.32. The highest BCUT2D eigenvalue weighted by atomic mass is 16.5. The van der Waals surface area contributed by atoms with Crippen molar-refractivity contribution in [1.82, 2.24) is 5.32 Å². The molecule has 5 nitrogen and oxygen atoms in total. The second-order valence-electron chi connectivity index (χ2n) is 7.55. The molecule has 1 aliphatic rings. The summed E-state index contributed by atoms with van der Waals surface area (Å²) in [4.78, 5) is 12.7. The summed E-state index contributed by atoms with van der Waals surface area (Å²) in [5, 5.41) is 2.99. The van der Waals surface area contributed by atoms with Crippen LogP contribution in [-0.4, -0.2) is 31.8 Å². The van der Waals surface area contributed by atoms with Crippen LogP contribution in [0.15, 0.2) is 42.5 Å². The number of aryl methyl sites for hydroxylation is 2. The monoisotopic (exact) mass is 397 g/mol. The number of rotatable bonds is 9. The number of amides is 1. The van der Waals surface area contributed by atoms with E-state index in [1.54, 1.807) is 7.11 Å². The van der Waals surface area contributed by atoms with Crippen LogP contribution < -0.4 is 19.5 Å². The number of nitrogens with one attached hydrogen (secondary N) is 1. The van der Waals surface area contributed by atoms with Crippen LogP contribution in [0.25, 0.3) is 0 Å². The largest absolute Gasteiger partial charge is 0.497 e. The van der Waals surface area contributed by atoms with E-state index in [-0.39, 0.29) is 11.9 Å². The maximum atomic E-state index is 12.7. The molecule has 5 heteroatoms. The topological polar surface area (TPSA) is 56.8 Å². The average Bonchev–Trinajstić information content (AvgIpc) is 2.76. The summed E-state index contributed by atoms with van der Waals surface area (Å²) in [5.74, 6) is 2.18. The number of benzene rings is 2. The quantitative estimate of drug-likeness (QED) is 0.685. The lowest BCUT2D eigenvalue weighted by molar-refractivity contribution is -0.128. The fourth-order valence-electron chi connectivity index (χ4n) is 3.54. The van der Waals surface area contributed by atoms with Gasteiger partial charge < -0.3 is 19.5 Å². The highest BCUT2D eigenvalue weighted by Gasteiger charge is 2.21. The zero-order valence-electron chi connectivity index (χ0n) is 17.6. The minimum absolute atomic E-state index is 0.115. The molecule has 0 saturated heterocycles. The molecule has 0 saturated carbocycles. The van der Waals surface area contributed by atoms with Crippen molar-refractivity contribution in [2.45, 2.75) is 58.1 Å². The van der Waals surface area contributed by atoms with Crippen LogP contribution >= 0.6 is 0 Å². The molecule has 0 fully saturated rings. The Morgan fingerprint density at radius 1 is 1.00 bits per heavy atom. The first kappa shape index (κ1) is 21.0. The van der Waals surface area contributed by atoms with E-state index in [1.807, 2.05) is 44.2 Å². The molecule has 0 bridgehead atoms.